The molecule has 5 nitrogen and oxygen atoms in total. The van der Waals surface area contributed by atoms with E-state index in [-0.39, 0.29) is 17.5 Å². The molecule has 1 amide bonds. The van der Waals surface area contributed by atoms with E-state index >= 15 is 0 Å². The average molecular weight is 398 g/mol. The Kier molecular flexibility index (Phi) is 5.60. The van der Waals surface area contributed by atoms with Gasteiger partial charge in [-0.1, -0.05) is 13.0 Å². The fourth-order valence-electron chi connectivity index (χ4n) is 4.33. The molecule has 0 saturated carbocycles. The Hall–Kier alpha value is -2.05. The first-order valence-corrected chi connectivity index (χ1v) is 11.2. The second-order valence-electron chi connectivity index (χ2n) is 7.70. The van der Waals surface area contributed by atoms with Crippen LogP contribution in [0.1, 0.15) is 35.7 Å². The summed E-state index contributed by atoms with van der Waals surface area (Å²) >= 11 is 1.61. The van der Waals surface area contributed by atoms with Crippen LogP contribution in [-0.2, 0) is 6.42 Å². The first-order valence-electron chi connectivity index (χ1n) is 10.0. The van der Waals surface area contributed by atoms with E-state index in [1.165, 1.54) is 11.6 Å². The standard InChI is InChI=1S/C22H27N3O2S/c1-3-15-4-6-19(20(12-15)28-2)25-13-17(5-7-21(25)26)22(27)23-18-14-24-10-8-16(18)9-11-24/h4-7,12-13,16,18H,3,8-11,14H2,1-2H3,(H,23,27). The second-order valence-corrected chi connectivity index (χ2v) is 8.55. The number of fused-ring (bicyclic) bond motifs is 3. The van der Waals surface area contributed by atoms with Gasteiger partial charge in [0.1, 0.15) is 0 Å². The van der Waals surface area contributed by atoms with E-state index in [0.717, 1.165) is 49.5 Å². The van der Waals surface area contributed by atoms with E-state index in [4.69, 9.17) is 0 Å². The van der Waals surface area contributed by atoms with E-state index in [0.29, 0.717) is 11.5 Å². The summed E-state index contributed by atoms with van der Waals surface area (Å²) in [6.45, 7) is 5.34. The molecule has 2 bridgehead atoms. The van der Waals surface area contributed by atoms with Crippen LogP contribution in [0.5, 0.6) is 0 Å². The molecule has 4 heterocycles. The zero-order chi connectivity index (χ0) is 19.7. The van der Waals surface area contributed by atoms with Gasteiger partial charge in [0.15, 0.2) is 0 Å². The molecule has 148 valence electrons. The van der Waals surface area contributed by atoms with Crippen LogP contribution in [-0.4, -0.2) is 47.3 Å². The maximum atomic E-state index is 12.9. The molecule has 0 aliphatic carbocycles. The van der Waals surface area contributed by atoms with E-state index in [9.17, 15) is 9.59 Å². The number of aromatic nitrogens is 1. The fourth-order valence-corrected chi connectivity index (χ4v) is 4.98. The summed E-state index contributed by atoms with van der Waals surface area (Å²) < 4.78 is 1.59. The Bertz CT molecular complexity index is 932. The van der Waals surface area contributed by atoms with E-state index in [1.807, 2.05) is 18.4 Å². The van der Waals surface area contributed by atoms with Crippen LogP contribution in [0.4, 0.5) is 0 Å². The number of carbonyl (C=O) groups excluding carboxylic acids is 1. The number of hydrogen-bond donors (Lipinski definition) is 1. The zero-order valence-electron chi connectivity index (χ0n) is 16.5. The lowest BCUT2D eigenvalue weighted by molar-refractivity contribution is 0.0620. The number of pyridine rings is 1. The molecule has 28 heavy (non-hydrogen) atoms. The summed E-state index contributed by atoms with van der Waals surface area (Å²) in [7, 11) is 0. The molecule has 5 rings (SSSR count). The first kappa shape index (κ1) is 19.3. The number of nitrogens with one attached hydrogen (secondary N) is 1. The van der Waals surface area contributed by atoms with Gasteiger partial charge in [0.2, 0.25) is 0 Å². The van der Waals surface area contributed by atoms with Crippen LogP contribution in [0.15, 0.2) is 46.2 Å². The van der Waals surface area contributed by atoms with Crippen molar-refractivity contribution in [3.8, 4) is 5.69 Å². The molecule has 0 radical (unpaired) electrons. The number of nitrogens with zero attached hydrogens (tertiary/aromatic N) is 2. The Morgan fingerprint density at radius 1 is 1.21 bits per heavy atom. The average Bonchev–Trinajstić information content (AvgIpc) is 2.74. The zero-order valence-corrected chi connectivity index (χ0v) is 17.3. The minimum Gasteiger partial charge on any atom is -0.348 e. The van der Waals surface area contributed by atoms with E-state index in [2.05, 4.69) is 23.2 Å². The second kappa shape index (κ2) is 8.13. The summed E-state index contributed by atoms with van der Waals surface area (Å²) in [4.78, 5) is 28.9. The lowest BCUT2D eigenvalue weighted by atomic mass is 9.84. The summed E-state index contributed by atoms with van der Waals surface area (Å²) in [5.41, 5.74) is 2.46. The molecule has 3 saturated heterocycles. The molecular formula is C22H27N3O2S. The molecule has 3 fully saturated rings. The number of thioether (sulfide) groups is 1. The third-order valence-corrected chi connectivity index (χ3v) is 6.82. The van der Waals surface area contributed by atoms with Gasteiger partial charge < -0.3 is 10.2 Å². The predicted molar refractivity (Wildman–Crippen MR) is 114 cm³/mol. The van der Waals surface area contributed by atoms with Crippen molar-refractivity contribution in [1.82, 2.24) is 14.8 Å². The molecular weight excluding hydrogens is 370 g/mol. The van der Waals surface area contributed by atoms with Crippen LogP contribution in [0, 0.1) is 5.92 Å². The van der Waals surface area contributed by atoms with Crippen LogP contribution in [0.3, 0.4) is 0 Å². The minimum atomic E-state index is -0.126. The largest absolute Gasteiger partial charge is 0.348 e. The van der Waals surface area contributed by atoms with Crippen LogP contribution >= 0.6 is 11.8 Å². The summed E-state index contributed by atoms with van der Waals surface area (Å²) in [5, 5.41) is 3.21. The smallest absolute Gasteiger partial charge is 0.255 e. The summed E-state index contributed by atoms with van der Waals surface area (Å²) in [5.74, 6) is 0.480. The summed E-state index contributed by atoms with van der Waals surface area (Å²) in [6, 6.07) is 9.47. The Morgan fingerprint density at radius 3 is 2.64 bits per heavy atom. The van der Waals surface area contributed by atoms with Gasteiger partial charge >= 0.3 is 0 Å². The molecule has 3 aliphatic rings. The molecule has 1 unspecified atom stereocenters. The third kappa shape index (κ3) is 3.76. The Balaban J connectivity index is 1.60. The molecule has 0 spiro atoms. The van der Waals surface area contributed by atoms with Crippen molar-refractivity contribution in [2.24, 2.45) is 5.92 Å². The van der Waals surface area contributed by atoms with Gasteiger partial charge in [-0.3, -0.25) is 14.2 Å². The van der Waals surface area contributed by atoms with E-state index in [1.54, 1.807) is 28.6 Å². The van der Waals surface area contributed by atoms with Gasteiger partial charge in [-0.2, -0.15) is 0 Å². The fraction of sp³-hybridized carbons (Fsp3) is 0.455. The van der Waals surface area contributed by atoms with Crippen molar-refractivity contribution in [3.63, 3.8) is 0 Å². The number of aryl methyl sites for hydroxylation is 1. The minimum absolute atomic E-state index is 0.0941. The first-order chi connectivity index (χ1) is 13.6. The number of piperidine rings is 3. The number of carbonyl (C=O) groups is 1. The van der Waals surface area contributed by atoms with Crippen molar-refractivity contribution < 1.29 is 4.79 Å². The molecule has 6 heteroatoms. The lowest BCUT2D eigenvalue weighted by Crippen LogP contribution is -2.57. The van der Waals surface area contributed by atoms with Crippen molar-refractivity contribution in [3.05, 3.63) is 58.0 Å². The van der Waals surface area contributed by atoms with Crippen molar-refractivity contribution in [2.45, 2.75) is 37.1 Å². The third-order valence-electron chi connectivity index (χ3n) is 6.06. The molecule has 1 aromatic carbocycles. The van der Waals surface area contributed by atoms with Gasteiger partial charge in [0.25, 0.3) is 11.5 Å². The molecule has 1 N–H and O–H groups in total. The van der Waals surface area contributed by atoms with Crippen LogP contribution in [0.2, 0.25) is 0 Å². The normalized spacial score (nSPS) is 23.6. The molecule has 1 atom stereocenters. The number of benzene rings is 1. The van der Waals surface area contributed by atoms with Crippen LogP contribution < -0.4 is 10.9 Å². The highest BCUT2D eigenvalue weighted by molar-refractivity contribution is 7.98. The Labute approximate surface area is 170 Å². The Morgan fingerprint density at radius 2 is 2.00 bits per heavy atom. The van der Waals surface area contributed by atoms with Crippen molar-refractivity contribution in [2.75, 3.05) is 25.9 Å². The quantitative estimate of drug-likeness (QED) is 0.788. The van der Waals surface area contributed by atoms with Gasteiger partial charge in [-0.05, 0) is 68.3 Å². The highest BCUT2D eigenvalue weighted by Gasteiger charge is 2.35. The number of hydrogen-bond acceptors (Lipinski definition) is 4. The van der Waals surface area contributed by atoms with E-state index < -0.39 is 0 Å². The SMILES string of the molecule is CCc1ccc(-n2cc(C(=O)NC3CN4CCC3CC4)ccc2=O)c(SC)c1. The predicted octanol–water partition coefficient (Wildman–Crippen LogP) is 2.95. The molecule has 3 aliphatic heterocycles. The van der Waals surface area contributed by atoms with Crippen molar-refractivity contribution >= 4 is 17.7 Å². The highest BCUT2D eigenvalue weighted by Crippen LogP contribution is 2.28. The lowest BCUT2D eigenvalue weighted by Gasteiger charge is -2.44. The molecule has 1 aromatic heterocycles. The van der Waals surface area contributed by atoms with Gasteiger partial charge in [0, 0.05) is 29.7 Å². The number of rotatable bonds is 5. The molecule has 2 aromatic rings. The van der Waals surface area contributed by atoms with Gasteiger partial charge in [-0.25, -0.2) is 0 Å². The van der Waals surface area contributed by atoms with Crippen LogP contribution in [0.25, 0.3) is 5.69 Å². The maximum absolute atomic E-state index is 12.9. The number of amides is 1. The highest BCUT2D eigenvalue weighted by atomic mass is 32.2. The monoisotopic (exact) mass is 397 g/mol. The van der Waals surface area contributed by atoms with Crippen molar-refractivity contribution in [1.29, 1.82) is 0 Å². The van der Waals surface area contributed by atoms with Gasteiger partial charge in [-0.15, -0.1) is 11.8 Å². The maximum Gasteiger partial charge on any atom is 0.255 e. The summed E-state index contributed by atoms with van der Waals surface area (Å²) in [6.07, 6.45) is 6.95. The topological polar surface area (TPSA) is 54.3 Å². The van der Waals surface area contributed by atoms with Gasteiger partial charge in [0.05, 0.1) is 11.3 Å².